The van der Waals surface area contributed by atoms with E-state index >= 15 is 0 Å². The molecular formula is C10H8F4N2. The van der Waals surface area contributed by atoms with Crippen molar-refractivity contribution in [3.63, 3.8) is 0 Å². The Bertz CT molecular complexity index is 420. The van der Waals surface area contributed by atoms with E-state index in [0.717, 1.165) is 0 Å². The van der Waals surface area contributed by atoms with Crippen molar-refractivity contribution in [3.8, 4) is 6.07 Å². The summed E-state index contributed by atoms with van der Waals surface area (Å²) in [5.41, 5.74) is 4.12. The van der Waals surface area contributed by atoms with Crippen molar-refractivity contribution in [1.82, 2.24) is 0 Å². The summed E-state index contributed by atoms with van der Waals surface area (Å²) in [6.45, 7) is 0. The van der Waals surface area contributed by atoms with Gasteiger partial charge in [0.2, 0.25) is 0 Å². The third kappa shape index (κ3) is 2.70. The highest BCUT2D eigenvalue weighted by molar-refractivity contribution is 5.29. The fraction of sp³-hybridized carbons (Fsp3) is 0.300. The average Bonchev–Trinajstić information content (AvgIpc) is 2.16. The smallest absolute Gasteiger partial charge is 0.323 e. The summed E-state index contributed by atoms with van der Waals surface area (Å²) < 4.78 is 50.1. The summed E-state index contributed by atoms with van der Waals surface area (Å²) in [5.74, 6) is -0.837. The number of nitriles is 1. The Morgan fingerprint density at radius 1 is 1.38 bits per heavy atom. The monoisotopic (exact) mass is 232 g/mol. The first kappa shape index (κ1) is 12.5. The standard InChI is InChI=1S/C10H8F4N2/c11-8-2-1-6(10(12,13)14)5-7(8)9(16)3-4-15/h1-2,5,9H,3,16H2/t9-/m0/s1. The molecule has 1 aromatic carbocycles. The first-order valence-electron chi connectivity index (χ1n) is 4.35. The second kappa shape index (κ2) is 4.49. The first-order valence-corrected chi connectivity index (χ1v) is 4.35. The van der Waals surface area contributed by atoms with Gasteiger partial charge in [-0.05, 0) is 18.2 Å². The summed E-state index contributed by atoms with van der Waals surface area (Å²) in [5, 5.41) is 8.34. The Kier molecular flexibility index (Phi) is 3.50. The maximum absolute atomic E-state index is 13.2. The van der Waals surface area contributed by atoms with Crippen molar-refractivity contribution >= 4 is 0 Å². The minimum Gasteiger partial charge on any atom is -0.323 e. The number of alkyl halides is 3. The number of rotatable bonds is 2. The molecule has 0 saturated carbocycles. The maximum atomic E-state index is 13.2. The van der Waals surface area contributed by atoms with Crippen molar-refractivity contribution in [2.45, 2.75) is 18.6 Å². The summed E-state index contributed by atoms with van der Waals surface area (Å²) in [6, 6.07) is 2.61. The summed E-state index contributed by atoms with van der Waals surface area (Å²) in [7, 11) is 0. The van der Waals surface area contributed by atoms with Crippen LogP contribution in [0.4, 0.5) is 17.6 Å². The molecule has 6 heteroatoms. The molecule has 0 bridgehead atoms. The average molecular weight is 232 g/mol. The lowest BCUT2D eigenvalue weighted by Gasteiger charge is -2.13. The molecule has 0 aliphatic rings. The first-order chi connectivity index (χ1) is 7.36. The van der Waals surface area contributed by atoms with Crippen molar-refractivity contribution in [3.05, 3.63) is 35.1 Å². The lowest BCUT2D eigenvalue weighted by Crippen LogP contribution is -2.14. The normalized spacial score (nSPS) is 13.2. The molecule has 0 amide bonds. The van der Waals surface area contributed by atoms with Crippen molar-refractivity contribution < 1.29 is 17.6 Å². The molecular weight excluding hydrogens is 224 g/mol. The predicted molar refractivity (Wildman–Crippen MR) is 48.6 cm³/mol. The van der Waals surface area contributed by atoms with Gasteiger partial charge in [-0.1, -0.05) is 0 Å². The second-order valence-electron chi connectivity index (χ2n) is 3.20. The van der Waals surface area contributed by atoms with Gasteiger partial charge >= 0.3 is 6.18 Å². The summed E-state index contributed by atoms with van der Waals surface area (Å²) >= 11 is 0. The van der Waals surface area contributed by atoms with Crippen LogP contribution in [0.3, 0.4) is 0 Å². The van der Waals surface area contributed by atoms with Gasteiger partial charge < -0.3 is 5.73 Å². The van der Waals surface area contributed by atoms with Gasteiger partial charge in [0.1, 0.15) is 5.82 Å². The topological polar surface area (TPSA) is 49.8 Å². The summed E-state index contributed by atoms with van der Waals surface area (Å²) in [4.78, 5) is 0. The van der Waals surface area contributed by atoms with Gasteiger partial charge in [0, 0.05) is 11.6 Å². The third-order valence-electron chi connectivity index (χ3n) is 2.03. The molecule has 0 unspecified atom stereocenters. The molecule has 2 nitrogen and oxygen atoms in total. The fourth-order valence-electron chi connectivity index (χ4n) is 1.21. The van der Waals surface area contributed by atoms with E-state index in [-0.39, 0.29) is 12.0 Å². The summed E-state index contributed by atoms with van der Waals surface area (Å²) in [6.07, 6.45) is -4.78. The number of nitrogens with two attached hydrogens (primary N) is 1. The molecule has 1 rings (SSSR count). The molecule has 0 aliphatic carbocycles. The lowest BCUT2D eigenvalue weighted by molar-refractivity contribution is -0.137. The van der Waals surface area contributed by atoms with Crippen LogP contribution in [0.1, 0.15) is 23.6 Å². The zero-order valence-corrected chi connectivity index (χ0v) is 8.05. The maximum Gasteiger partial charge on any atom is 0.416 e. The second-order valence-corrected chi connectivity index (χ2v) is 3.20. The molecule has 0 heterocycles. The Hall–Kier alpha value is -1.61. The molecule has 0 fully saturated rings. The largest absolute Gasteiger partial charge is 0.416 e. The molecule has 1 aromatic rings. The molecule has 0 aromatic heterocycles. The number of halogens is 4. The molecule has 2 N–H and O–H groups in total. The lowest BCUT2D eigenvalue weighted by atomic mass is 10.0. The van der Waals surface area contributed by atoms with E-state index in [9.17, 15) is 17.6 Å². The highest BCUT2D eigenvalue weighted by Crippen LogP contribution is 2.31. The zero-order chi connectivity index (χ0) is 12.3. The third-order valence-corrected chi connectivity index (χ3v) is 2.03. The Morgan fingerprint density at radius 3 is 2.50 bits per heavy atom. The number of hydrogen-bond donors (Lipinski definition) is 1. The Labute approximate surface area is 89.3 Å². The van der Waals surface area contributed by atoms with Crippen LogP contribution in [0.2, 0.25) is 0 Å². The van der Waals surface area contributed by atoms with Crippen LogP contribution >= 0.6 is 0 Å². The number of benzene rings is 1. The van der Waals surface area contributed by atoms with Crippen LogP contribution in [-0.4, -0.2) is 0 Å². The number of nitrogens with zero attached hydrogens (tertiary/aromatic N) is 1. The molecule has 1 atom stereocenters. The van der Waals surface area contributed by atoms with E-state index in [1.54, 1.807) is 6.07 Å². The van der Waals surface area contributed by atoms with Crippen molar-refractivity contribution in [2.75, 3.05) is 0 Å². The molecule has 16 heavy (non-hydrogen) atoms. The molecule has 0 spiro atoms. The van der Waals surface area contributed by atoms with Gasteiger partial charge in [0.15, 0.2) is 0 Å². The molecule has 0 radical (unpaired) electrons. The Balaban J connectivity index is 3.15. The van der Waals surface area contributed by atoms with E-state index in [2.05, 4.69) is 0 Å². The van der Waals surface area contributed by atoms with E-state index in [1.807, 2.05) is 0 Å². The van der Waals surface area contributed by atoms with Gasteiger partial charge in [-0.3, -0.25) is 0 Å². The van der Waals surface area contributed by atoms with E-state index in [0.29, 0.717) is 18.2 Å². The molecule has 0 saturated heterocycles. The molecule has 86 valence electrons. The van der Waals surface area contributed by atoms with Crippen LogP contribution in [0.5, 0.6) is 0 Å². The van der Waals surface area contributed by atoms with E-state index in [4.69, 9.17) is 11.0 Å². The predicted octanol–water partition coefficient (Wildman–Crippen LogP) is 2.76. The van der Waals surface area contributed by atoms with Crippen LogP contribution in [0.15, 0.2) is 18.2 Å². The highest BCUT2D eigenvalue weighted by Gasteiger charge is 2.31. The van der Waals surface area contributed by atoms with Gasteiger partial charge in [0.05, 0.1) is 18.1 Å². The van der Waals surface area contributed by atoms with E-state index in [1.165, 1.54) is 0 Å². The molecule has 0 aliphatic heterocycles. The van der Waals surface area contributed by atoms with E-state index < -0.39 is 23.6 Å². The van der Waals surface area contributed by atoms with Crippen molar-refractivity contribution in [2.24, 2.45) is 5.73 Å². The Morgan fingerprint density at radius 2 is 2.00 bits per heavy atom. The van der Waals surface area contributed by atoms with Gasteiger partial charge in [-0.2, -0.15) is 18.4 Å². The zero-order valence-electron chi connectivity index (χ0n) is 8.05. The van der Waals surface area contributed by atoms with Crippen LogP contribution in [0, 0.1) is 17.1 Å². The minimum absolute atomic E-state index is 0.238. The van der Waals surface area contributed by atoms with Crippen LogP contribution in [0.25, 0.3) is 0 Å². The number of hydrogen-bond acceptors (Lipinski definition) is 2. The van der Waals surface area contributed by atoms with Crippen LogP contribution in [-0.2, 0) is 6.18 Å². The van der Waals surface area contributed by atoms with Gasteiger partial charge in [-0.15, -0.1) is 0 Å². The quantitative estimate of drug-likeness (QED) is 0.797. The SMILES string of the molecule is N#CC[C@H](N)c1cc(C(F)(F)F)ccc1F. The minimum atomic E-state index is -4.55. The highest BCUT2D eigenvalue weighted by atomic mass is 19.4. The van der Waals surface area contributed by atoms with Gasteiger partial charge in [0.25, 0.3) is 0 Å². The fourth-order valence-corrected chi connectivity index (χ4v) is 1.21. The van der Waals surface area contributed by atoms with Gasteiger partial charge in [-0.25, -0.2) is 4.39 Å². The van der Waals surface area contributed by atoms with Crippen molar-refractivity contribution in [1.29, 1.82) is 5.26 Å². The van der Waals surface area contributed by atoms with Crippen LogP contribution < -0.4 is 5.73 Å².